The van der Waals surface area contributed by atoms with Gasteiger partial charge in [0.15, 0.2) is 0 Å². The van der Waals surface area contributed by atoms with E-state index < -0.39 is 0 Å². The van der Waals surface area contributed by atoms with E-state index in [-0.39, 0.29) is 68.5 Å². The van der Waals surface area contributed by atoms with Crippen molar-refractivity contribution in [2.24, 2.45) is 5.92 Å². The van der Waals surface area contributed by atoms with E-state index in [0.717, 1.165) is 5.92 Å². The van der Waals surface area contributed by atoms with Crippen LogP contribution in [0.5, 0.6) is 0 Å². The Morgan fingerprint density at radius 3 is 2.60 bits per heavy atom. The van der Waals surface area contributed by atoms with Crippen LogP contribution in [0.25, 0.3) is 0 Å². The Bertz CT molecular complexity index is 487. The van der Waals surface area contributed by atoms with Gasteiger partial charge in [-0.15, -0.1) is 12.2 Å². The summed E-state index contributed by atoms with van der Waals surface area (Å²) in [6.07, 6.45) is 27.7. The van der Waals surface area contributed by atoms with Crippen LogP contribution >= 0.6 is 0 Å². The molecule has 2 unspecified atom stereocenters. The van der Waals surface area contributed by atoms with Gasteiger partial charge in [0.2, 0.25) is 0 Å². The van der Waals surface area contributed by atoms with Crippen LogP contribution in [0.1, 0.15) is 58.3 Å². The number of rotatable bonds is 6. The largest absolute Gasteiger partial charge is 4.00 e. The van der Waals surface area contributed by atoms with Gasteiger partial charge in [-0.3, -0.25) is 0 Å². The molecular formula is C20H29Cl3SiTi. The molecule has 0 aliphatic heterocycles. The molecule has 0 spiro atoms. The normalized spacial score (nSPS) is 26.2. The van der Waals surface area contributed by atoms with Crippen molar-refractivity contribution in [2.45, 2.75) is 63.3 Å². The van der Waals surface area contributed by atoms with Gasteiger partial charge in [0.25, 0.3) is 0 Å². The van der Waals surface area contributed by atoms with Crippen LogP contribution in [-0.2, 0) is 21.7 Å². The molecule has 2 atom stereocenters. The summed E-state index contributed by atoms with van der Waals surface area (Å²) in [7, 11) is -0.182. The van der Waals surface area contributed by atoms with E-state index >= 15 is 0 Å². The molecule has 0 N–H and O–H groups in total. The first-order valence-electron chi connectivity index (χ1n) is 8.89. The van der Waals surface area contributed by atoms with Gasteiger partial charge in [-0.1, -0.05) is 63.3 Å². The van der Waals surface area contributed by atoms with E-state index in [1.807, 2.05) is 5.54 Å². The molecule has 3 rings (SSSR count). The Kier molecular flexibility index (Phi) is 15.3. The van der Waals surface area contributed by atoms with E-state index in [1.54, 1.807) is 5.57 Å². The smallest absolute Gasteiger partial charge is 1.00 e. The van der Waals surface area contributed by atoms with E-state index in [4.69, 9.17) is 0 Å². The van der Waals surface area contributed by atoms with Crippen LogP contribution in [0.4, 0.5) is 0 Å². The number of halogens is 3. The van der Waals surface area contributed by atoms with Gasteiger partial charge in [0.1, 0.15) is 0 Å². The maximum Gasteiger partial charge on any atom is 4.00 e. The molecule has 0 saturated heterocycles. The molecule has 5 heteroatoms. The molecule has 0 bridgehead atoms. The van der Waals surface area contributed by atoms with Crippen LogP contribution in [0, 0.1) is 11.5 Å². The number of hydrogen-bond acceptors (Lipinski definition) is 0. The van der Waals surface area contributed by atoms with E-state index in [2.05, 4.69) is 49.5 Å². The molecule has 1 saturated carbocycles. The fourth-order valence-corrected chi connectivity index (χ4v) is 7.14. The second-order valence-electron chi connectivity index (χ2n) is 7.11. The van der Waals surface area contributed by atoms with Gasteiger partial charge in [0.05, 0.1) is 0 Å². The summed E-state index contributed by atoms with van der Waals surface area (Å²) < 4.78 is 0. The average Bonchev–Trinajstić information content (AvgIpc) is 2.92. The van der Waals surface area contributed by atoms with Crippen molar-refractivity contribution in [2.75, 3.05) is 0 Å². The first-order chi connectivity index (χ1) is 10.3. The topological polar surface area (TPSA) is 0 Å². The van der Waals surface area contributed by atoms with Crippen LogP contribution in [-0.4, -0.2) is 9.52 Å². The summed E-state index contributed by atoms with van der Waals surface area (Å²) in [6.45, 7) is 2.32. The van der Waals surface area contributed by atoms with Crippen LogP contribution < -0.4 is 37.2 Å². The third-order valence-electron chi connectivity index (χ3n) is 5.54. The molecule has 3 aliphatic carbocycles. The van der Waals surface area contributed by atoms with Gasteiger partial charge in [-0.05, 0) is 39.7 Å². The standard InChI is InChI=1S/C20H29Si.3ClH.Ti/c1-2-3-7-14-20(15-8-4-9-16-20)21-19-13-12-17-10-5-6-11-18(17)19;;;;/h4-6,8-9,11,15,17H,2-3,7,10,12-14,16,21H2,1H3;3*1H;/q-1;;;;+4/p-3. The van der Waals surface area contributed by atoms with Crippen molar-refractivity contribution >= 4 is 9.52 Å². The molecule has 0 nitrogen and oxygen atoms in total. The zero-order valence-corrected chi connectivity index (χ0v) is 20.4. The Morgan fingerprint density at radius 2 is 1.92 bits per heavy atom. The van der Waals surface area contributed by atoms with E-state index in [0.29, 0.717) is 5.04 Å². The van der Waals surface area contributed by atoms with Crippen LogP contribution in [0.3, 0.4) is 0 Å². The summed E-state index contributed by atoms with van der Waals surface area (Å²) >= 11 is 0. The Morgan fingerprint density at radius 1 is 1.12 bits per heavy atom. The summed E-state index contributed by atoms with van der Waals surface area (Å²) in [4.78, 5) is 0. The zero-order valence-electron chi connectivity index (χ0n) is 15.1. The second-order valence-corrected chi connectivity index (χ2v) is 9.73. The average molecular weight is 452 g/mol. The van der Waals surface area contributed by atoms with Crippen LogP contribution in [0.15, 0.2) is 48.1 Å². The molecule has 138 valence electrons. The monoisotopic (exact) mass is 450 g/mol. The van der Waals surface area contributed by atoms with Gasteiger partial charge in [-0.2, -0.15) is 0 Å². The van der Waals surface area contributed by atoms with Crippen molar-refractivity contribution < 1.29 is 58.9 Å². The molecule has 0 aromatic carbocycles. The Balaban J connectivity index is 0. The van der Waals surface area contributed by atoms with Crippen molar-refractivity contribution in [1.29, 1.82) is 0 Å². The fraction of sp³-hybridized carbons (Fsp3) is 0.550. The van der Waals surface area contributed by atoms with Crippen molar-refractivity contribution in [3.63, 3.8) is 0 Å². The van der Waals surface area contributed by atoms with Crippen LogP contribution in [0.2, 0.25) is 5.04 Å². The number of fused-ring (bicyclic) bond motifs is 1. The summed E-state index contributed by atoms with van der Waals surface area (Å²) in [6, 6.07) is 0. The molecular weight excluding hydrogens is 423 g/mol. The molecule has 0 radical (unpaired) electrons. The Hall–Kier alpha value is 0.631. The molecule has 3 aliphatic rings. The van der Waals surface area contributed by atoms with Crippen molar-refractivity contribution in [3.8, 4) is 0 Å². The molecule has 25 heavy (non-hydrogen) atoms. The molecule has 0 aromatic rings. The maximum absolute atomic E-state index is 2.58. The quantitative estimate of drug-likeness (QED) is 0.221. The first kappa shape index (κ1) is 27.8. The number of hydrogen-bond donors (Lipinski definition) is 0. The van der Waals surface area contributed by atoms with Gasteiger partial charge in [-0.25, -0.2) is 17.2 Å². The minimum absolute atomic E-state index is 0. The zero-order chi connectivity index (χ0) is 14.5. The number of unbranched alkanes of at least 4 members (excludes halogenated alkanes) is 2. The molecule has 0 aromatic heterocycles. The second kappa shape index (κ2) is 13.7. The van der Waals surface area contributed by atoms with Gasteiger partial charge < -0.3 is 37.2 Å². The van der Waals surface area contributed by atoms with E-state index in [1.165, 1.54) is 51.4 Å². The fourth-order valence-electron chi connectivity index (χ4n) is 4.31. The third kappa shape index (κ3) is 7.28. The predicted molar refractivity (Wildman–Crippen MR) is 96.1 cm³/mol. The molecule has 0 amide bonds. The predicted octanol–water partition coefficient (Wildman–Crippen LogP) is -3.75. The molecule has 1 fully saturated rings. The minimum Gasteiger partial charge on any atom is -1.00 e. The van der Waals surface area contributed by atoms with E-state index in [9.17, 15) is 0 Å². The third-order valence-corrected chi connectivity index (χ3v) is 8.31. The maximum atomic E-state index is 2.58. The number of allylic oxidation sites excluding steroid dienone is 8. The van der Waals surface area contributed by atoms with Crippen molar-refractivity contribution in [3.05, 3.63) is 53.6 Å². The summed E-state index contributed by atoms with van der Waals surface area (Å²) in [5.41, 5.74) is 3.66. The van der Waals surface area contributed by atoms with Gasteiger partial charge >= 0.3 is 21.7 Å². The first-order valence-corrected chi connectivity index (χ1v) is 10.3. The minimum atomic E-state index is -0.182. The molecule has 0 heterocycles. The summed E-state index contributed by atoms with van der Waals surface area (Å²) in [5, 5.41) is 0.552. The SMILES string of the molecule is CCCCCC1([SiH2][C-]2CCC3CC=CC=C23)C=CC=CC1.[Cl-].[Cl-].[Cl-].[Ti+4]. The summed E-state index contributed by atoms with van der Waals surface area (Å²) in [5.74, 6) is 0.869. The van der Waals surface area contributed by atoms with Crippen molar-refractivity contribution in [1.82, 2.24) is 0 Å². The Labute approximate surface area is 190 Å². The van der Waals surface area contributed by atoms with Gasteiger partial charge in [0, 0.05) is 0 Å².